The normalized spacial score (nSPS) is 26.2. The summed E-state index contributed by atoms with van der Waals surface area (Å²) in [6, 6.07) is 14.3. The van der Waals surface area contributed by atoms with Crippen LogP contribution in [0.25, 0.3) is 0 Å². The van der Waals surface area contributed by atoms with Crippen LogP contribution in [0.4, 0.5) is 5.69 Å². The van der Waals surface area contributed by atoms with E-state index in [9.17, 15) is 9.59 Å². The summed E-state index contributed by atoms with van der Waals surface area (Å²) in [6.07, 6.45) is 0.972. The molecule has 30 heavy (non-hydrogen) atoms. The molecule has 156 valence electrons. The Bertz CT molecular complexity index is 977. The molecule has 0 radical (unpaired) electrons. The van der Waals surface area contributed by atoms with Crippen molar-refractivity contribution in [1.29, 1.82) is 0 Å². The molecule has 3 aliphatic heterocycles. The van der Waals surface area contributed by atoms with Crippen LogP contribution in [0.3, 0.4) is 0 Å². The molecule has 0 N–H and O–H groups in total. The number of carbonyl (C=O) groups excluding carboxylic acids is 2. The number of hydrogen-bond donors (Lipinski definition) is 0. The van der Waals surface area contributed by atoms with Gasteiger partial charge >= 0.3 is 0 Å². The molecule has 5 rings (SSSR count). The van der Waals surface area contributed by atoms with E-state index in [2.05, 4.69) is 10.0 Å². The molecule has 7 nitrogen and oxygen atoms in total. The number of anilines is 1. The van der Waals surface area contributed by atoms with Crippen LogP contribution < -0.4 is 14.4 Å². The number of nitrogens with zero attached hydrogens (tertiary/aromatic N) is 3. The number of hydrogen-bond acceptors (Lipinski definition) is 6. The molecule has 0 aliphatic carbocycles. The maximum absolute atomic E-state index is 13.6. The van der Waals surface area contributed by atoms with E-state index in [-0.39, 0.29) is 17.9 Å². The van der Waals surface area contributed by atoms with Crippen molar-refractivity contribution in [2.24, 2.45) is 5.92 Å². The highest BCUT2D eigenvalue weighted by Gasteiger charge is 2.63. The molecular formula is C23H25N3O4. The summed E-state index contributed by atoms with van der Waals surface area (Å²) in [4.78, 5) is 28.4. The molecule has 0 spiro atoms. The second kappa shape index (κ2) is 7.41. The Morgan fingerprint density at radius 3 is 2.33 bits per heavy atom. The lowest BCUT2D eigenvalue weighted by molar-refractivity contribution is -0.126. The quantitative estimate of drug-likeness (QED) is 0.710. The SMILES string of the molecule is CCOc1ccc(N2C(=O)[C@@H]3[C@@H](C2=O)N2CCCN2[C@H]3c2ccccc2OC)cc1. The van der Waals surface area contributed by atoms with Gasteiger partial charge in [0.15, 0.2) is 0 Å². The number of methoxy groups -OCH3 is 1. The topological polar surface area (TPSA) is 62.3 Å². The Kier molecular flexibility index (Phi) is 4.72. The molecule has 0 saturated carbocycles. The fraction of sp³-hybridized carbons (Fsp3) is 0.391. The smallest absolute Gasteiger partial charge is 0.253 e. The second-order valence-electron chi connectivity index (χ2n) is 7.78. The van der Waals surface area contributed by atoms with E-state index < -0.39 is 12.0 Å². The Morgan fingerprint density at radius 1 is 0.933 bits per heavy atom. The Balaban J connectivity index is 1.54. The van der Waals surface area contributed by atoms with Crippen LogP contribution in [0.1, 0.15) is 24.9 Å². The fourth-order valence-electron chi connectivity index (χ4n) is 5.11. The first kappa shape index (κ1) is 19.1. The lowest BCUT2D eigenvalue weighted by atomic mass is 9.89. The van der Waals surface area contributed by atoms with Gasteiger partial charge in [-0.3, -0.25) is 9.59 Å². The van der Waals surface area contributed by atoms with Crippen molar-refractivity contribution in [3.63, 3.8) is 0 Å². The van der Waals surface area contributed by atoms with Crippen LogP contribution in [0.2, 0.25) is 0 Å². The van der Waals surface area contributed by atoms with Crippen molar-refractivity contribution < 1.29 is 19.1 Å². The van der Waals surface area contributed by atoms with Crippen molar-refractivity contribution in [2.75, 3.05) is 31.7 Å². The lowest BCUT2D eigenvalue weighted by Gasteiger charge is -2.30. The van der Waals surface area contributed by atoms with E-state index in [0.717, 1.165) is 36.6 Å². The first-order valence-electron chi connectivity index (χ1n) is 10.4. The van der Waals surface area contributed by atoms with Gasteiger partial charge in [0.25, 0.3) is 5.91 Å². The standard InChI is InChI=1S/C23H25N3O4/c1-3-30-16-11-9-15(10-12-16)26-22(27)19-20(17-7-4-5-8-18(17)29-2)24-13-6-14-25(24)21(19)23(26)28/h4-5,7-12,19-21H,3,6,13-14H2,1-2H3/t19-,20-,21-/m0/s1. The zero-order valence-corrected chi connectivity index (χ0v) is 17.2. The van der Waals surface area contributed by atoms with Crippen LogP contribution in [0.15, 0.2) is 48.5 Å². The van der Waals surface area contributed by atoms with Crippen LogP contribution >= 0.6 is 0 Å². The average molecular weight is 407 g/mol. The summed E-state index contributed by atoms with van der Waals surface area (Å²) in [5, 5.41) is 4.29. The van der Waals surface area contributed by atoms with Gasteiger partial charge in [0, 0.05) is 18.7 Å². The van der Waals surface area contributed by atoms with E-state index in [4.69, 9.17) is 9.47 Å². The molecule has 2 amide bonds. The number of hydrazine groups is 1. The molecular weight excluding hydrogens is 382 g/mol. The van der Waals surface area contributed by atoms with Gasteiger partial charge in [-0.2, -0.15) is 0 Å². The van der Waals surface area contributed by atoms with Gasteiger partial charge in [0.2, 0.25) is 5.91 Å². The maximum atomic E-state index is 13.6. The molecule has 0 bridgehead atoms. The third kappa shape index (κ3) is 2.73. The van der Waals surface area contributed by atoms with Gasteiger partial charge in [0.1, 0.15) is 17.5 Å². The number of imide groups is 1. The second-order valence-corrected chi connectivity index (χ2v) is 7.78. The highest BCUT2D eigenvalue weighted by Crippen LogP contribution is 2.50. The number of carbonyl (C=O) groups is 2. The largest absolute Gasteiger partial charge is 0.496 e. The Labute approximate surface area is 175 Å². The van der Waals surface area contributed by atoms with Gasteiger partial charge in [-0.05, 0) is 43.7 Å². The van der Waals surface area contributed by atoms with Crippen LogP contribution in [-0.4, -0.2) is 54.7 Å². The Morgan fingerprint density at radius 2 is 1.63 bits per heavy atom. The minimum atomic E-state index is -0.471. The van der Waals surface area contributed by atoms with E-state index >= 15 is 0 Å². The molecule has 3 fully saturated rings. The molecule has 3 aliphatic rings. The van der Waals surface area contributed by atoms with Crippen LogP contribution in [0, 0.1) is 5.92 Å². The van der Waals surface area contributed by atoms with E-state index in [1.807, 2.05) is 31.2 Å². The van der Waals surface area contributed by atoms with E-state index in [1.165, 1.54) is 4.90 Å². The predicted molar refractivity (Wildman–Crippen MR) is 111 cm³/mol. The fourth-order valence-corrected chi connectivity index (χ4v) is 5.11. The van der Waals surface area contributed by atoms with Crippen molar-refractivity contribution in [1.82, 2.24) is 10.0 Å². The number of amides is 2. The summed E-state index contributed by atoms with van der Waals surface area (Å²) < 4.78 is 11.1. The number of rotatable bonds is 5. The van der Waals surface area contributed by atoms with Crippen molar-refractivity contribution in [3.8, 4) is 11.5 Å². The minimum Gasteiger partial charge on any atom is -0.496 e. The zero-order chi connectivity index (χ0) is 20.8. The van der Waals surface area contributed by atoms with E-state index in [1.54, 1.807) is 31.4 Å². The number of ether oxygens (including phenoxy) is 2. The number of fused-ring (bicyclic) bond motifs is 3. The lowest BCUT2D eigenvalue weighted by Crippen LogP contribution is -2.44. The minimum absolute atomic E-state index is 0.153. The summed E-state index contributed by atoms with van der Waals surface area (Å²) in [5.41, 5.74) is 1.54. The summed E-state index contributed by atoms with van der Waals surface area (Å²) >= 11 is 0. The van der Waals surface area contributed by atoms with Crippen LogP contribution in [-0.2, 0) is 9.59 Å². The van der Waals surface area contributed by atoms with Crippen molar-refractivity contribution >= 4 is 17.5 Å². The molecule has 3 saturated heterocycles. The third-order valence-corrected chi connectivity index (χ3v) is 6.27. The molecule has 3 atom stereocenters. The van der Waals surface area contributed by atoms with Gasteiger partial charge in [-0.1, -0.05) is 18.2 Å². The number of benzene rings is 2. The highest BCUT2D eigenvalue weighted by atomic mass is 16.5. The zero-order valence-electron chi connectivity index (χ0n) is 17.2. The van der Waals surface area contributed by atoms with Gasteiger partial charge in [0.05, 0.1) is 31.4 Å². The highest BCUT2D eigenvalue weighted by molar-refractivity contribution is 6.24. The molecule has 7 heteroatoms. The average Bonchev–Trinajstić information content (AvgIpc) is 3.41. The Hall–Kier alpha value is -2.90. The molecule has 2 aromatic carbocycles. The van der Waals surface area contributed by atoms with E-state index in [0.29, 0.717) is 12.3 Å². The molecule has 2 aromatic rings. The molecule has 3 heterocycles. The van der Waals surface area contributed by atoms with Gasteiger partial charge < -0.3 is 9.47 Å². The maximum Gasteiger partial charge on any atom is 0.253 e. The first-order valence-corrected chi connectivity index (χ1v) is 10.4. The van der Waals surface area contributed by atoms with Crippen LogP contribution in [0.5, 0.6) is 11.5 Å². The summed E-state index contributed by atoms with van der Waals surface area (Å²) in [5.74, 6) is 0.700. The summed E-state index contributed by atoms with van der Waals surface area (Å²) in [7, 11) is 1.64. The molecule has 0 aromatic heterocycles. The predicted octanol–water partition coefficient (Wildman–Crippen LogP) is 2.63. The van der Waals surface area contributed by atoms with Crippen molar-refractivity contribution in [3.05, 3.63) is 54.1 Å². The third-order valence-electron chi connectivity index (χ3n) is 6.27. The first-order chi connectivity index (χ1) is 14.7. The van der Waals surface area contributed by atoms with Gasteiger partial charge in [-0.15, -0.1) is 0 Å². The monoisotopic (exact) mass is 407 g/mol. The van der Waals surface area contributed by atoms with Gasteiger partial charge in [-0.25, -0.2) is 14.9 Å². The molecule has 0 unspecified atom stereocenters. The number of para-hydroxylation sites is 1. The summed E-state index contributed by atoms with van der Waals surface area (Å²) in [6.45, 7) is 4.10. The van der Waals surface area contributed by atoms with Crippen molar-refractivity contribution in [2.45, 2.75) is 25.4 Å².